The van der Waals surface area contributed by atoms with Crippen molar-refractivity contribution in [2.24, 2.45) is 0 Å². The number of hydrogen-bond acceptors (Lipinski definition) is 2. The van der Waals surface area contributed by atoms with Crippen LogP contribution in [-0.2, 0) is 0 Å². The zero-order valence-electron chi connectivity index (χ0n) is 13.6. The fraction of sp³-hybridized carbons (Fsp3) is 0.263. The normalized spacial score (nSPS) is 10.2. The molecule has 2 rings (SSSR count). The largest absolute Gasteiger partial charge is 0.352 e. The minimum absolute atomic E-state index is 0.0881. The lowest BCUT2D eigenvalue weighted by atomic mass is 10.1. The van der Waals surface area contributed by atoms with Gasteiger partial charge in [0.25, 0.3) is 11.8 Å². The molecule has 0 atom stereocenters. The highest BCUT2D eigenvalue weighted by atomic mass is 16.2. The molecular formula is C19H22N2O2. The monoisotopic (exact) mass is 310 g/mol. The maximum absolute atomic E-state index is 11.9. The Hall–Kier alpha value is -2.62. The summed E-state index contributed by atoms with van der Waals surface area (Å²) in [6.07, 6.45) is 0.690. The fourth-order valence-corrected chi connectivity index (χ4v) is 2.11. The predicted molar refractivity (Wildman–Crippen MR) is 91.6 cm³/mol. The van der Waals surface area contributed by atoms with Gasteiger partial charge in [0.15, 0.2) is 0 Å². The summed E-state index contributed by atoms with van der Waals surface area (Å²) in [5.41, 5.74) is 3.55. The Morgan fingerprint density at radius 1 is 0.696 bits per heavy atom. The van der Waals surface area contributed by atoms with Crippen LogP contribution in [0, 0.1) is 13.8 Å². The Balaban J connectivity index is 1.67. The van der Waals surface area contributed by atoms with Crippen molar-refractivity contribution in [2.45, 2.75) is 20.3 Å². The maximum Gasteiger partial charge on any atom is 0.251 e. The molecule has 0 fully saturated rings. The van der Waals surface area contributed by atoms with Crippen molar-refractivity contribution >= 4 is 11.8 Å². The van der Waals surface area contributed by atoms with Gasteiger partial charge in [0.05, 0.1) is 0 Å². The van der Waals surface area contributed by atoms with Gasteiger partial charge in [0.1, 0.15) is 0 Å². The molecule has 2 aromatic rings. The molecule has 120 valence electrons. The highest BCUT2D eigenvalue weighted by Crippen LogP contribution is 2.03. The molecule has 0 aliphatic heterocycles. The first kappa shape index (κ1) is 16.7. The highest BCUT2D eigenvalue weighted by Gasteiger charge is 2.05. The summed E-state index contributed by atoms with van der Waals surface area (Å²) >= 11 is 0. The third-order valence-electron chi connectivity index (χ3n) is 3.55. The zero-order valence-corrected chi connectivity index (χ0v) is 13.6. The van der Waals surface area contributed by atoms with E-state index in [2.05, 4.69) is 10.6 Å². The van der Waals surface area contributed by atoms with Crippen LogP contribution in [0.3, 0.4) is 0 Å². The van der Waals surface area contributed by atoms with Crippen molar-refractivity contribution < 1.29 is 9.59 Å². The average Bonchev–Trinajstić information content (AvgIpc) is 2.55. The quantitative estimate of drug-likeness (QED) is 0.806. The van der Waals surface area contributed by atoms with Gasteiger partial charge in [-0.25, -0.2) is 0 Å². The second kappa shape index (κ2) is 8.13. The predicted octanol–water partition coefficient (Wildman–Crippen LogP) is 2.85. The Labute approximate surface area is 136 Å². The highest BCUT2D eigenvalue weighted by molar-refractivity contribution is 5.94. The molecule has 0 unspecified atom stereocenters. The van der Waals surface area contributed by atoms with Gasteiger partial charge < -0.3 is 10.6 Å². The van der Waals surface area contributed by atoms with Crippen LogP contribution < -0.4 is 10.6 Å². The van der Waals surface area contributed by atoms with E-state index < -0.39 is 0 Å². The Morgan fingerprint density at radius 3 is 1.39 bits per heavy atom. The number of nitrogens with one attached hydrogen (secondary N) is 2. The Kier molecular flexibility index (Phi) is 5.92. The lowest BCUT2D eigenvalue weighted by Crippen LogP contribution is -2.29. The molecule has 2 aromatic carbocycles. The molecule has 4 nitrogen and oxygen atoms in total. The molecule has 2 N–H and O–H groups in total. The van der Waals surface area contributed by atoms with E-state index in [0.29, 0.717) is 30.6 Å². The maximum atomic E-state index is 11.9. The van der Waals surface area contributed by atoms with Crippen molar-refractivity contribution in [3.8, 4) is 0 Å². The molecule has 0 bridgehead atoms. The molecule has 0 aliphatic rings. The number of amides is 2. The molecule has 0 spiro atoms. The summed E-state index contributed by atoms with van der Waals surface area (Å²) in [5, 5.41) is 5.70. The van der Waals surface area contributed by atoms with E-state index in [1.165, 1.54) is 0 Å². The Morgan fingerprint density at radius 2 is 1.04 bits per heavy atom. The smallest absolute Gasteiger partial charge is 0.251 e. The summed E-state index contributed by atoms with van der Waals surface area (Å²) in [6.45, 7) is 5.03. The average molecular weight is 310 g/mol. The number of benzene rings is 2. The first-order valence-electron chi connectivity index (χ1n) is 7.76. The lowest BCUT2D eigenvalue weighted by molar-refractivity contribution is 0.0952. The molecule has 0 saturated carbocycles. The number of rotatable bonds is 6. The summed E-state index contributed by atoms with van der Waals surface area (Å²) in [5.74, 6) is -0.176. The fourth-order valence-electron chi connectivity index (χ4n) is 2.11. The van der Waals surface area contributed by atoms with Crippen molar-refractivity contribution in [2.75, 3.05) is 13.1 Å². The van der Waals surface area contributed by atoms with Crippen LogP contribution >= 0.6 is 0 Å². The molecule has 0 aliphatic carbocycles. The number of hydrogen-bond donors (Lipinski definition) is 2. The third kappa shape index (κ3) is 5.25. The summed E-state index contributed by atoms with van der Waals surface area (Å²) in [6, 6.07) is 14.9. The van der Waals surface area contributed by atoms with Gasteiger partial charge in [-0.15, -0.1) is 0 Å². The second-order valence-electron chi connectivity index (χ2n) is 5.60. The minimum Gasteiger partial charge on any atom is -0.352 e. The molecule has 4 heteroatoms. The topological polar surface area (TPSA) is 58.2 Å². The van der Waals surface area contributed by atoms with Crippen LogP contribution in [0.1, 0.15) is 38.3 Å². The van der Waals surface area contributed by atoms with E-state index in [1.807, 2.05) is 62.4 Å². The van der Waals surface area contributed by atoms with Crippen LogP contribution in [-0.4, -0.2) is 24.9 Å². The number of carbonyl (C=O) groups excluding carboxylic acids is 2. The molecule has 0 heterocycles. The van der Waals surface area contributed by atoms with Crippen molar-refractivity contribution in [3.05, 3.63) is 70.8 Å². The van der Waals surface area contributed by atoms with E-state index in [9.17, 15) is 9.59 Å². The van der Waals surface area contributed by atoms with Crippen molar-refractivity contribution in [1.29, 1.82) is 0 Å². The van der Waals surface area contributed by atoms with Crippen molar-refractivity contribution in [1.82, 2.24) is 10.6 Å². The minimum atomic E-state index is -0.0881. The van der Waals surface area contributed by atoms with Crippen LogP contribution in [0.2, 0.25) is 0 Å². The van der Waals surface area contributed by atoms with E-state index in [-0.39, 0.29) is 11.8 Å². The van der Waals surface area contributed by atoms with Crippen LogP contribution in [0.25, 0.3) is 0 Å². The number of aryl methyl sites for hydroxylation is 2. The molecule has 23 heavy (non-hydrogen) atoms. The van der Waals surface area contributed by atoms with Gasteiger partial charge in [0.2, 0.25) is 0 Å². The molecule has 0 saturated heterocycles. The van der Waals surface area contributed by atoms with Gasteiger partial charge >= 0.3 is 0 Å². The Bertz CT molecular complexity index is 601. The number of carbonyl (C=O) groups is 2. The van der Waals surface area contributed by atoms with E-state index in [4.69, 9.17) is 0 Å². The standard InChI is InChI=1S/C19H22N2O2/c1-14-4-8-16(9-5-14)18(22)20-12-3-13-21-19(23)17-10-6-15(2)7-11-17/h4-11H,3,12-13H2,1-2H3,(H,20,22)(H,21,23). The first-order chi connectivity index (χ1) is 11.1. The van der Waals surface area contributed by atoms with Gasteiger partial charge in [0, 0.05) is 24.2 Å². The van der Waals surface area contributed by atoms with Crippen LogP contribution in [0.15, 0.2) is 48.5 Å². The zero-order chi connectivity index (χ0) is 16.7. The van der Waals surface area contributed by atoms with Crippen molar-refractivity contribution in [3.63, 3.8) is 0 Å². The first-order valence-corrected chi connectivity index (χ1v) is 7.76. The van der Waals surface area contributed by atoms with Gasteiger partial charge in [-0.1, -0.05) is 35.4 Å². The van der Waals surface area contributed by atoms with E-state index in [0.717, 1.165) is 11.1 Å². The summed E-state index contributed by atoms with van der Waals surface area (Å²) in [4.78, 5) is 23.8. The van der Waals surface area contributed by atoms with Gasteiger partial charge in [-0.2, -0.15) is 0 Å². The summed E-state index contributed by atoms with van der Waals surface area (Å²) < 4.78 is 0. The molecule has 0 radical (unpaired) electrons. The van der Waals surface area contributed by atoms with Crippen LogP contribution in [0.5, 0.6) is 0 Å². The van der Waals surface area contributed by atoms with Gasteiger partial charge in [-0.3, -0.25) is 9.59 Å². The lowest BCUT2D eigenvalue weighted by Gasteiger charge is -2.07. The van der Waals surface area contributed by atoms with E-state index in [1.54, 1.807) is 0 Å². The third-order valence-corrected chi connectivity index (χ3v) is 3.55. The SMILES string of the molecule is Cc1ccc(C(=O)NCCCNC(=O)c2ccc(C)cc2)cc1. The molecule has 0 aromatic heterocycles. The van der Waals surface area contributed by atoms with E-state index >= 15 is 0 Å². The second-order valence-corrected chi connectivity index (χ2v) is 5.60. The molecule has 2 amide bonds. The molecular weight excluding hydrogens is 288 g/mol. The summed E-state index contributed by atoms with van der Waals surface area (Å²) in [7, 11) is 0. The van der Waals surface area contributed by atoms with Gasteiger partial charge in [-0.05, 0) is 44.5 Å². The van der Waals surface area contributed by atoms with Crippen LogP contribution in [0.4, 0.5) is 0 Å².